The number of rotatable bonds is 1. The molecular weight excluding hydrogens is 226 g/mol. The Morgan fingerprint density at radius 1 is 0.944 bits per heavy atom. The second-order valence-electron chi connectivity index (χ2n) is 4.51. The van der Waals surface area contributed by atoms with Crippen LogP contribution in [0.15, 0.2) is 54.6 Å². The number of fused-ring (bicyclic) bond motifs is 1. The van der Waals surface area contributed by atoms with Gasteiger partial charge in [-0.15, -0.1) is 0 Å². The van der Waals surface area contributed by atoms with Crippen LogP contribution in [0, 0.1) is 0 Å². The molecule has 0 saturated heterocycles. The van der Waals surface area contributed by atoms with E-state index in [1.165, 1.54) is 0 Å². The summed E-state index contributed by atoms with van der Waals surface area (Å²) in [5.41, 5.74) is 7.84. The molecule has 0 radical (unpaired) electrons. The van der Waals surface area contributed by atoms with Gasteiger partial charge in [-0.05, 0) is 11.6 Å². The average molecular weight is 241 g/mol. The SMILES string of the molecule is NC1C(O)c2ccccc2OC1c1ccccc1. The van der Waals surface area contributed by atoms with Crippen LogP contribution in [0.1, 0.15) is 23.3 Å². The van der Waals surface area contributed by atoms with E-state index in [4.69, 9.17) is 10.5 Å². The molecule has 0 amide bonds. The monoisotopic (exact) mass is 241 g/mol. The van der Waals surface area contributed by atoms with Crippen LogP contribution in [-0.4, -0.2) is 11.1 Å². The Bertz CT molecular complexity index is 541. The van der Waals surface area contributed by atoms with Gasteiger partial charge in [0.25, 0.3) is 0 Å². The van der Waals surface area contributed by atoms with Gasteiger partial charge < -0.3 is 15.6 Å². The van der Waals surface area contributed by atoms with Crippen LogP contribution in [0.5, 0.6) is 5.75 Å². The Morgan fingerprint density at radius 2 is 1.61 bits per heavy atom. The third-order valence-corrected chi connectivity index (χ3v) is 3.33. The molecule has 3 N–H and O–H groups in total. The highest BCUT2D eigenvalue weighted by Crippen LogP contribution is 2.39. The van der Waals surface area contributed by atoms with E-state index in [-0.39, 0.29) is 6.10 Å². The summed E-state index contributed by atoms with van der Waals surface area (Å²) in [6.45, 7) is 0. The number of hydrogen-bond donors (Lipinski definition) is 2. The van der Waals surface area contributed by atoms with E-state index in [0.717, 1.165) is 11.1 Å². The van der Waals surface area contributed by atoms with Crippen molar-refractivity contribution in [1.82, 2.24) is 0 Å². The summed E-state index contributed by atoms with van der Waals surface area (Å²) >= 11 is 0. The second-order valence-corrected chi connectivity index (χ2v) is 4.51. The lowest BCUT2D eigenvalue weighted by Gasteiger charge is -2.35. The summed E-state index contributed by atoms with van der Waals surface area (Å²) in [6.07, 6.45) is -1.00. The van der Waals surface area contributed by atoms with E-state index in [1.807, 2.05) is 54.6 Å². The van der Waals surface area contributed by atoms with Crippen molar-refractivity contribution in [1.29, 1.82) is 0 Å². The highest BCUT2D eigenvalue weighted by atomic mass is 16.5. The summed E-state index contributed by atoms with van der Waals surface area (Å²) in [4.78, 5) is 0. The number of ether oxygens (including phenoxy) is 1. The number of benzene rings is 2. The minimum absolute atomic E-state index is 0.309. The van der Waals surface area contributed by atoms with Gasteiger partial charge in [0.05, 0.1) is 6.04 Å². The van der Waals surface area contributed by atoms with Crippen molar-refractivity contribution >= 4 is 0 Å². The fourth-order valence-corrected chi connectivity index (χ4v) is 2.35. The zero-order valence-corrected chi connectivity index (χ0v) is 9.86. The Labute approximate surface area is 106 Å². The molecule has 0 bridgehead atoms. The molecule has 92 valence electrons. The van der Waals surface area contributed by atoms with E-state index in [2.05, 4.69) is 0 Å². The third kappa shape index (κ3) is 1.78. The van der Waals surface area contributed by atoms with Gasteiger partial charge in [-0.1, -0.05) is 48.5 Å². The second kappa shape index (κ2) is 4.44. The van der Waals surface area contributed by atoms with Gasteiger partial charge in [-0.25, -0.2) is 0 Å². The molecule has 1 heterocycles. The van der Waals surface area contributed by atoms with E-state index >= 15 is 0 Å². The predicted molar refractivity (Wildman–Crippen MR) is 69.2 cm³/mol. The summed E-state index contributed by atoms with van der Waals surface area (Å²) in [5, 5.41) is 10.3. The summed E-state index contributed by atoms with van der Waals surface area (Å²) < 4.78 is 5.92. The van der Waals surface area contributed by atoms with Gasteiger partial charge in [-0.3, -0.25) is 0 Å². The highest BCUT2D eigenvalue weighted by Gasteiger charge is 2.35. The third-order valence-electron chi connectivity index (χ3n) is 3.33. The van der Waals surface area contributed by atoms with Gasteiger partial charge in [0, 0.05) is 5.56 Å². The zero-order valence-electron chi connectivity index (χ0n) is 9.86. The quantitative estimate of drug-likeness (QED) is 0.804. The molecule has 1 aliphatic rings. The summed E-state index contributed by atoms with van der Waals surface area (Å²) in [6, 6.07) is 16.8. The van der Waals surface area contributed by atoms with Crippen LogP contribution in [0.3, 0.4) is 0 Å². The number of para-hydroxylation sites is 1. The Morgan fingerprint density at radius 3 is 2.39 bits per heavy atom. The van der Waals surface area contributed by atoms with Crippen LogP contribution in [0.25, 0.3) is 0 Å². The molecule has 0 saturated carbocycles. The van der Waals surface area contributed by atoms with Gasteiger partial charge >= 0.3 is 0 Å². The van der Waals surface area contributed by atoms with Crippen molar-refractivity contribution in [2.45, 2.75) is 18.2 Å². The first-order valence-electron chi connectivity index (χ1n) is 6.01. The van der Waals surface area contributed by atoms with E-state index in [1.54, 1.807) is 0 Å². The van der Waals surface area contributed by atoms with Crippen molar-refractivity contribution in [2.24, 2.45) is 5.73 Å². The van der Waals surface area contributed by atoms with E-state index in [9.17, 15) is 5.11 Å². The van der Waals surface area contributed by atoms with Crippen LogP contribution in [0.4, 0.5) is 0 Å². The number of aliphatic hydroxyl groups excluding tert-OH is 1. The molecule has 0 spiro atoms. The maximum atomic E-state index is 10.3. The topological polar surface area (TPSA) is 55.5 Å². The molecular formula is C15H15NO2. The van der Waals surface area contributed by atoms with Crippen molar-refractivity contribution < 1.29 is 9.84 Å². The molecule has 3 unspecified atom stereocenters. The standard InChI is InChI=1S/C15H15NO2/c16-13-14(17)11-8-4-5-9-12(11)18-15(13)10-6-2-1-3-7-10/h1-9,13-15,17H,16H2. The minimum atomic E-state index is -0.694. The van der Waals surface area contributed by atoms with E-state index in [0.29, 0.717) is 5.75 Å². The van der Waals surface area contributed by atoms with Gasteiger partial charge in [0.2, 0.25) is 0 Å². The van der Waals surface area contributed by atoms with Gasteiger partial charge in [-0.2, -0.15) is 0 Å². The zero-order chi connectivity index (χ0) is 12.5. The van der Waals surface area contributed by atoms with Crippen molar-refractivity contribution in [2.75, 3.05) is 0 Å². The largest absolute Gasteiger partial charge is 0.484 e. The molecule has 1 aliphatic heterocycles. The molecule has 3 atom stereocenters. The smallest absolute Gasteiger partial charge is 0.142 e. The number of aliphatic hydroxyl groups is 1. The molecule has 2 aromatic rings. The maximum Gasteiger partial charge on any atom is 0.142 e. The fraction of sp³-hybridized carbons (Fsp3) is 0.200. The Balaban J connectivity index is 2.01. The molecule has 0 aromatic heterocycles. The van der Waals surface area contributed by atoms with Crippen LogP contribution in [0.2, 0.25) is 0 Å². The van der Waals surface area contributed by atoms with Crippen molar-refractivity contribution in [3.8, 4) is 5.75 Å². The van der Waals surface area contributed by atoms with Crippen molar-refractivity contribution in [3.63, 3.8) is 0 Å². The van der Waals surface area contributed by atoms with Gasteiger partial charge in [0.15, 0.2) is 0 Å². The Kier molecular flexibility index (Phi) is 2.78. The first-order valence-corrected chi connectivity index (χ1v) is 6.01. The van der Waals surface area contributed by atoms with Crippen LogP contribution >= 0.6 is 0 Å². The number of nitrogens with two attached hydrogens (primary N) is 1. The van der Waals surface area contributed by atoms with Crippen LogP contribution in [-0.2, 0) is 0 Å². The molecule has 0 aliphatic carbocycles. The number of hydrogen-bond acceptors (Lipinski definition) is 3. The predicted octanol–water partition coefficient (Wildman–Crippen LogP) is 2.18. The summed E-state index contributed by atoms with van der Waals surface area (Å²) in [7, 11) is 0. The Hall–Kier alpha value is -1.84. The average Bonchev–Trinajstić information content (AvgIpc) is 2.44. The molecule has 3 heteroatoms. The molecule has 3 rings (SSSR count). The summed E-state index contributed by atoms with van der Waals surface area (Å²) in [5.74, 6) is 0.709. The first kappa shape index (κ1) is 11.3. The maximum absolute atomic E-state index is 10.3. The normalized spacial score (nSPS) is 26.2. The highest BCUT2D eigenvalue weighted by molar-refractivity contribution is 5.40. The van der Waals surface area contributed by atoms with Crippen molar-refractivity contribution in [3.05, 3.63) is 65.7 Å². The lowest BCUT2D eigenvalue weighted by atomic mass is 9.91. The lowest BCUT2D eigenvalue weighted by molar-refractivity contribution is 0.0412. The van der Waals surface area contributed by atoms with Gasteiger partial charge in [0.1, 0.15) is 18.0 Å². The minimum Gasteiger partial charge on any atom is -0.484 e. The molecule has 0 fully saturated rings. The van der Waals surface area contributed by atoms with Crippen LogP contribution < -0.4 is 10.5 Å². The fourth-order valence-electron chi connectivity index (χ4n) is 2.35. The molecule has 3 nitrogen and oxygen atoms in total. The molecule has 18 heavy (non-hydrogen) atoms. The molecule has 2 aromatic carbocycles. The lowest BCUT2D eigenvalue weighted by Crippen LogP contribution is -2.41. The first-order chi connectivity index (χ1) is 8.77. The van der Waals surface area contributed by atoms with E-state index < -0.39 is 12.1 Å².